The number of hydrogen-bond acceptors (Lipinski definition) is 4. The third-order valence-corrected chi connectivity index (χ3v) is 4.55. The zero-order valence-corrected chi connectivity index (χ0v) is 17.2. The Morgan fingerprint density at radius 1 is 1.03 bits per heavy atom. The van der Waals surface area contributed by atoms with Crippen molar-refractivity contribution in [3.63, 3.8) is 0 Å². The summed E-state index contributed by atoms with van der Waals surface area (Å²) in [6.07, 6.45) is 0. The van der Waals surface area contributed by atoms with Crippen LogP contribution in [0.1, 0.15) is 36.6 Å². The number of aromatic nitrogens is 2. The number of carbonyl (C=O) groups excluding carboxylic acids is 1. The molecule has 2 aromatic carbocycles. The Morgan fingerprint density at radius 3 is 2.48 bits per heavy atom. The molecular weight excluding hydrogens is 364 g/mol. The van der Waals surface area contributed by atoms with E-state index in [2.05, 4.69) is 29.5 Å². The van der Waals surface area contributed by atoms with Crippen LogP contribution in [-0.4, -0.2) is 15.5 Å². The first kappa shape index (κ1) is 20.3. The Bertz CT molecular complexity index is 1090. The fraction of sp³-hybridized carbons (Fsp3) is 0.261. The van der Waals surface area contributed by atoms with Crippen molar-refractivity contribution < 1.29 is 4.79 Å². The van der Waals surface area contributed by atoms with E-state index in [1.165, 1.54) is 10.6 Å². The van der Waals surface area contributed by atoms with E-state index < -0.39 is 0 Å². The molecule has 0 spiro atoms. The molecule has 1 heterocycles. The molecule has 0 bridgehead atoms. The predicted octanol–water partition coefficient (Wildman–Crippen LogP) is 4.37. The smallest absolute Gasteiger partial charge is 0.255 e. The van der Waals surface area contributed by atoms with Gasteiger partial charge < -0.3 is 10.6 Å². The zero-order valence-electron chi connectivity index (χ0n) is 17.2. The van der Waals surface area contributed by atoms with Gasteiger partial charge in [0.05, 0.1) is 0 Å². The largest absolute Gasteiger partial charge is 0.326 e. The number of carbonyl (C=O) groups is 1. The molecule has 0 aliphatic carbocycles. The molecule has 2 N–H and O–H groups in total. The normalized spacial score (nSPS) is 10.8. The van der Waals surface area contributed by atoms with Crippen molar-refractivity contribution in [2.75, 3.05) is 10.6 Å². The number of anilines is 3. The minimum atomic E-state index is -0.286. The molecule has 0 fully saturated rings. The van der Waals surface area contributed by atoms with Crippen molar-refractivity contribution in [1.29, 1.82) is 0 Å². The van der Waals surface area contributed by atoms with Gasteiger partial charge in [-0.1, -0.05) is 38.1 Å². The first-order chi connectivity index (χ1) is 13.8. The Balaban J connectivity index is 1.83. The molecule has 6 heteroatoms. The third-order valence-electron chi connectivity index (χ3n) is 4.55. The second-order valence-electron chi connectivity index (χ2n) is 7.47. The lowest BCUT2D eigenvalue weighted by atomic mass is 10.0. The second kappa shape index (κ2) is 8.73. The van der Waals surface area contributed by atoms with Gasteiger partial charge in [0.1, 0.15) is 6.54 Å². The minimum absolute atomic E-state index is 0.133. The van der Waals surface area contributed by atoms with E-state index in [0.29, 0.717) is 23.2 Å². The highest BCUT2D eigenvalue weighted by Gasteiger charge is 2.13. The number of nitrogens with zero attached hydrogens (tertiary/aromatic N) is 2. The van der Waals surface area contributed by atoms with Crippen LogP contribution >= 0.6 is 0 Å². The number of benzene rings is 2. The van der Waals surface area contributed by atoms with E-state index in [0.717, 1.165) is 16.8 Å². The Hall–Kier alpha value is -3.41. The molecule has 0 aliphatic heterocycles. The molecule has 150 valence electrons. The molecule has 1 aromatic heterocycles. The predicted molar refractivity (Wildman–Crippen MR) is 117 cm³/mol. The summed E-state index contributed by atoms with van der Waals surface area (Å²) in [5, 5.41) is 6.03. The fourth-order valence-corrected chi connectivity index (χ4v) is 3.04. The monoisotopic (exact) mass is 390 g/mol. The van der Waals surface area contributed by atoms with Crippen LogP contribution in [0.25, 0.3) is 0 Å². The maximum absolute atomic E-state index is 12.6. The van der Waals surface area contributed by atoms with E-state index in [1.54, 1.807) is 6.92 Å². The van der Waals surface area contributed by atoms with Gasteiger partial charge in [0, 0.05) is 23.1 Å². The summed E-state index contributed by atoms with van der Waals surface area (Å²) >= 11 is 0. The Kier molecular flexibility index (Phi) is 6.12. The van der Waals surface area contributed by atoms with Crippen LogP contribution in [0.15, 0.2) is 59.4 Å². The van der Waals surface area contributed by atoms with Crippen LogP contribution < -0.4 is 16.2 Å². The molecule has 0 unspecified atom stereocenters. The summed E-state index contributed by atoms with van der Waals surface area (Å²) in [6, 6.07) is 16.9. The molecule has 1 amide bonds. The number of amides is 1. The standard InChI is InChI=1S/C23H26N4O2/c1-15(2)18-8-6-10-20(13-18)25-21(28)14-27-22(29)12-17(4)24-23(27)26-19-9-5-7-16(3)11-19/h5-13,15H,14H2,1-4H3,(H,24,26)(H,25,28). The molecule has 0 saturated heterocycles. The van der Waals surface area contributed by atoms with Crippen molar-refractivity contribution >= 4 is 23.2 Å². The lowest BCUT2D eigenvalue weighted by Gasteiger charge is -2.15. The van der Waals surface area contributed by atoms with E-state index >= 15 is 0 Å². The number of aryl methyl sites for hydroxylation is 2. The van der Waals surface area contributed by atoms with Crippen LogP contribution in [0.2, 0.25) is 0 Å². The van der Waals surface area contributed by atoms with E-state index in [1.807, 2.05) is 55.5 Å². The van der Waals surface area contributed by atoms with Crippen molar-refractivity contribution in [2.45, 2.75) is 40.2 Å². The average molecular weight is 390 g/mol. The number of nitrogens with one attached hydrogen (secondary N) is 2. The van der Waals surface area contributed by atoms with Gasteiger partial charge in [-0.3, -0.25) is 14.2 Å². The van der Waals surface area contributed by atoms with E-state index in [4.69, 9.17) is 0 Å². The highest BCUT2D eigenvalue weighted by atomic mass is 16.2. The number of hydrogen-bond donors (Lipinski definition) is 2. The molecule has 3 rings (SSSR count). The summed E-state index contributed by atoms with van der Waals surface area (Å²) in [5.41, 5.74) is 4.05. The van der Waals surface area contributed by atoms with Crippen LogP contribution in [0.3, 0.4) is 0 Å². The van der Waals surface area contributed by atoms with Gasteiger partial charge in [-0.05, 0) is 55.2 Å². The summed E-state index contributed by atoms with van der Waals surface area (Å²) in [7, 11) is 0. The van der Waals surface area contributed by atoms with Gasteiger partial charge in [-0.2, -0.15) is 0 Å². The third kappa shape index (κ3) is 5.31. The van der Waals surface area contributed by atoms with Crippen LogP contribution in [0.5, 0.6) is 0 Å². The Morgan fingerprint density at radius 2 is 1.76 bits per heavy atom. The summed E-state index contributed by atoms with van der Waals surface area (Å²) in [6.45, 7) is 7.81. The first-order valence-electron chi connectivity index (χ1n) is 9.64. The molecule has 29 heavy (non-hydrogen) atoms. The summed E-state index contributed by atoms with van der Waals surface area (Å²) < 4.78 is 1.34. The van der Waals surface area contributed by atoms with Gasteiger partial charge >= 0.3 is 0 Å². The van der Waals surface area contributed by atoms with Gasteiger partial charge in [-0.15, -0.1) is 0 Å². The quantitative estimate of drug-likeness (QED) is 0.655. The fourth-order valence-electron chi connectivity index (χ4n) is 3.04. The molecule has 0 aliphatic rings. The van der Waals surface area contributed by atoms with Crippen LogP contribution in [0, 0.1) is 13.8 Å². The van der Waals surface area contributed by atoms with Crippen molar-refractivity contribution in [3.8, 4) is 0 Å². The van der Waals surface area contributed by atoms with Gasteiger partial charge in [0.2, 0.25) is 11.9 Å². The number of rotatable bonds is 6. The summed E-state index contributed by atoms with van der Waals surface area (Å²) in [4.78, 5) is 29.6. The maximum atomic E-state index is 12.6. The minimum Gasteiger partial charge on any atom is -0.326 e. The van der Waals surface area contributed by atoms with E-state index in [-0.39, 0.29) is 18.0 Å². The van der Waals surface area contributed by atoms with Crippen molar-refractivity contribution in [1.82, 2.24) is 9.55 Å². The lowest BCUT2D eigenvalue weighted by Crippen LogP contribution is -2.30. The van der Waals surface area contributed by atoms with Crippen molar-refractivity contribution in [3.05, 3.63) is 81.8 Å². The highest BCUT2D eigenvalue weighted by Crippen LogP contribution is 2.19. The second-order valence-corrected chi connectivity index (χ2v) is 7.47. The van der Waals surface area contributed by atoms with Crippen LogP contribution in [0.4, 0.5) is 17.3 Å². The zero-order chi connectivity index (χ0) is 21.0. The maximum Gasteiger partial charge on any atom is 0.255 e. The highest BCUT2D eigenvalue weighted by molar-refractivity contribution is 5.90. The molecule has 6 nitrogen and oxygen atoms in total. The van der Waals surface area contributed by atoms with Gasteiger partial charge in [0.15, 0.2) is 0 Å². The van der Waals surface area contributed by atoms with Crippen LogP contribution in [-0.2, 0) is 11.3 Å². The van der Waals surface area contributed by atoms with Crippen molar-refractivity contribution in [2.24, 2.45) is 0 Å². The topological polar surface area (TPSA) is 76.0 Å². The first-order valence-corrected chi connectivity index (χ1v) is 9.64. The molecule has 0 atom stereocenters. The molecule has 0 radical (unpaired) electrons. The average Bonchev–Trinajstić information content (AvgIpc) is 2.65. The molecule has 3 aromatic rings. The van der Waals surface area contributed by atoms with E-state index in [9.17, 15) is 9.59 Å². The Labute approximate surface area is 170 Å². The SMILES string of the molecule is Cc1cccc(Nc2nc(C)cc(=O)n2CC(=O)Nc2cccc(C(C)C)c2)c1. The summed E-state index contributed by atoms with van der Waals surface area (Å²) in [5.74, 6) is 0.415. The lowest BCUT2D eigenvalue weighted by molar-refractivity contribution is -0.116. The van der Waals surface area contributed by atoms with Gasteiger partial charge in [-0.25, -0.2) is 4.98 Å². The molecule has 0 saturated carbocycles. The van der Waals surface area contributed by atoms with Gasteiger partial charge in [0.25, 0.3) is 5.56 Å². The molecular formula is C23H26N4O2.